The van der Waals surface area contributed by atoms with Gasteiger partial charge in [-0.1, -0.05) is 0 Å². The number of aryl methyl sites for hydroxylation is 1. The summed E-state index contributed by atoms with van der Waals surface area (Å²) in [6.45, 7) is 0. The number of carbonyl (C=O) groups is 1. The monoisotopic (exact) mass is 262 g/mol. The Labute approximate surface area is 89.8 Å². The van der Waals surface area contributed by atoms with Gasteiger partial charge in [0.1, 0.15) is 10.7 Å². The number of halogens is 1. The second kappa shape index (κ2) is 4.56. The molecule has 1 N–H and O–H groups in total. The molecule has 1 aromatic rings. The van der Waals surface area contributed by atoms with Crippen molar-refractivity contribution in [3.05, 3.63) is 16.4 Å². The minimum absolute atomic E-state index is 0.0670. The normalized spacial score (nSPS) is 12.6. The third-order valence-electron chi connectivity index (χ3n) is 1.82. The molecule has 5 nitrogen and oxygen atoms in total. The lowest BCUT2D eigenvalue weighted by molar-refractivity contribution is -0.143. The molecule has 0 bridgehead atoms. The lowest BCUT2D eigenvalue weighted by Gasteiger charge is -2.08. The first-order chi connectivity index (χ1) is 6.54. The van der Waals surface area contributed by atoms with E-state index >= 15 is 0 Å². The van der Waals surface area contributed by atoms with E-state index in [4.69, 9.17) is 0 Å². The molecule has 0 saturated heterocycles. The Balaban J connectivity index is 2.73. The minimum atomic E-state index is -0.883. The Morgan fingerprint density at radius 3 is 2.93 bits per heavy atom. The van der Waals surface area contributed by atoms with Crippen LogP contribution in [0.3, 0.4) is 0 Å². The highest BCUT2D eigenvalue weighted by atomic mass is 79.9. The van der Waals surface area contributed by atoms with Gasteiger partial charge in [0.2, 0.25) is 0 Å². The largest absolute Gasteiger partial charge is 0.469 e. The number of aliphatic hydroxyl groups excluding tert-OH is 1. The number of nitrogens with zero attached hydrogens (tertiary/aromatic N) is 2. The molecular formula is C8H11BrN2O3. The molecular weight excluding hydrogens is 252 g/mol. The molecule has 1 heterocycles. The van der Waals surface area contributed by atoms with E-state index in [9.17, 15) is 9.90 Å². The Morgan fingerprint density at radius 2 is 2.50 bits per heavy atom. The summed E-state index contributed by atoms with van der Waals surface area (Å²) in [4.78, 5) is 10.9. The van der Waals surface area contributed by atoms with E-state index in [-0.39, 0.29) is 6.42 Å². The van der Waals surface area contributed by atoms with Gasteiger partial charge in [0, 0.05) is 7.05 Å². The summed E-state index contributed by atoms with van der Waals surface area (Å²) >= 11 is 3.18. The van der Waals surface area contributed by atoms with Crippen molar-refractivity contribution >= 4 is 21.9 Å². The molecule has 6 heteroatoms. The summed E-state index contributed by atoms with van der Waals surface area (Å²) in [6.07, 6.45) is -0.950. The van der Waals surface area contributed by atoms with E-state index in [1.807, 2.05) is 0 Å². The number of methoxy groups -OCH3 is 1. The predicted octanol–water partition coefficient (Wildman–Crippen LogP) is 0.779. The van der Waals surface area contributed by atoms with E-state index in [1.54, 1.807) is 13.1 Å². The molecule has 1 aromatic heterocycles. The summed E-state index contributed by atoms with van der Waals surface area (Å²) in [7, 11) is 2.98. The van der Waals surface area contributed by atoms with Crippen molar-refractivity contribution in [2.75, 3.05) is 7.11 Å². The average Bonchev–Trinajstić information content (AvgIpc) is 2.45. The van der Waals surface area contributed by atoms with Gasteiger partial charge < -0.3 is 9.84 Å². The first kappa shape index (κ1) is 11.2. The predicted molar refractivity (Wildman–Crippen MR) is 52.5 cm³/mol. The average molecular weight is 263 g/mol. The van der Waals surface area contributed by atoms with Gasteiger partial charge in [-0.2, -0.15) is 5.10 Å². The number of rotatable bonds is 3. The van der Waals surface area contributed by atoms with E-state index in [1.165, 1.54) is 11.8 Å². The lowest BCUT2D eigenvalue weighted by Crippen LogP contribution is -2.11. The SMILES string of the molecule is COC(=O)C[C@H](O)c1cc(Br)nn1C. The minimum Gasteiger partial charge on any atom is -0.469 e. The first-order valence-corrected chi connectivity index (χ1v) is 4.78. The van der Waals surface area contributed by atoms with Gasteiger partial charge >= 0.3 is 5.97 Å². The number of aliphatic hydroxyl groups is 1. The summed E-state index contributed by atoms with van der Waals surface area (Å²) in [6, 6.07) is 1.66. The van der Waals surface area contributed by atoms with Crippen LogP contribution in [0.1, 0.15) is 18.2 Å². The number of hydrogen-bond donors (Lipinski definition) is 1. The van der Waals surface area contributed by atoms with Gasteiger partial charge in [-0.25, -0.2) is 0 Å². The van der Waals surface area contributed by atoms with E-state index in [0.29, 0.717) is 10.3 Å². The van der Waals surface area contributed by atoms with Gasteiger partial charge in [0.05, 0.1) is 19.2 Å². The highest BCUT2D eigenvalue weighted by Crippen LogP contribution is 2.19. The van der Waals surface area contributed by atoms with Crippen molar-refractivity contribution < 1.29 is 14.6 Å². The van der Waals surface area contributed by atoms with Crippen molar-refractivity contribution in [1.29, 1.82) is 0 Å². The van der Waals surface area contributed by atoms with Crippen LogP contribution < -0.4 is 0 Å². The number of carbonyl (C=O) groups excluding carboxylic acids is 1. The third kappa shape index (κ3) is 2.55. The molecule has 0 aliphatic heterocycles. The second-order valence-corrected chi connectivity index (χ2v) is 3.62. The van der Waals surface area contributed by atoms with Crippen molar-refractivity contribution in [2.24, 2.45) is 7.05 Å². The van der Waals surface area contributed by atoms with Crippen LogP contribution in [-0.2, 0) is 16.6 Å². The van der Waals surface area contributed by atoms with Crippen molar-refractivity contribution in [2.45, 2.75) is 12.5 Å². The van der Waals surface area contributed by atoms with Gasteiger partial charge in [-0.05, 0) is 22.0 Å². The fourth-order valence-corrected chi connectivity index (χ4v) is 1.58. The molecule has 0 aromatic carbocycles. The molecule has 0 aliphatic carbocycles. The molecule has 0 amide bonds. The van der Waals surface area contributed by atoms with Gasteiger partial charge in [0.15, 0.2) is 0 Å². The van der Waals surface area contributed by atoms with Gasteiger partial charge in [-0.15, -0.1) is 0 Å². The van der Waals surface area contributed by atoms with Gasteiger partial charge in [-0.3, -0.25) is 9.48 Å². The summed E-state index contributed by atoms with van der Waals surface area (Å²) < 4.78 is 6.58. The maximum absolute atomic E-state index is 10.9. The van der Waals surface area contributed by atoms with E-state index in [2.05, 4.69) is 25.8 Å². The zero-order valence-electron chi connectivity index (χ0n) is 7.90. The molecule has 1 rings (SSSR count). The number of ether oxygens (including phenoxy) is 1. The van der Waals surface area contributed by atoms with Crippen molar-refractivity contribution in [1.82, 2.24) is 9.78 Å². The zero-order chi connectivity index (χ0) is 10.7. The Morgan fingerprint density at radius 1 is 1.86 bits per heavy atom. The highest BCUT2D eigenvalue weighted by Gasteiger charge is 2.17. The number of aromatic nitrogens is 2. The molecule has 78 valence electrons. The third-order valence-corrected chi connectivity index (χ3v) is 2.20. The summed E-state index contributed by atoms with van der Waals surface area (Å²) in [5.41, 5.74) is 0.572. The quantitative estimate of drug-likeness (QED) is 0.818. The molecule has 0 aliphatic rings. The van der Waals surface area contributed by atoms with Crippen LogP contribution in [0.4, 0.5) is 0 Å². The Kier molecular flexibility index (Phi) is 3.65. The lowest BCUT2D eigenvalue weighted by atomic mass is 10.2. The van der Waals surface area contributed by atoms with Crippen molar-refractivity contribution in [3.63, 3.8) is 0 Å². The number of esters is 1. The second-order valence-electron chi connectivity index (χ2n) is 2.81. The Hall–Kier alpha value is -0.880. The van der Waals surface area contributed by atoms with Crippen LogP contribution in [0.2, 0.25) is 0 Å². The van der Waals surface area contributed by atoms with Crippen LogP contribution in [-0.4, -0.2) is 28.0 Å². The van der Waals surface area contributed by atoms with E-state index in [0.717, 1.165) is 0 Å². The first-order valence-electron chi connectivity index (χ1n) is 3.99. The standard InChI is InChI=1S/C8H11BrN2O3/c1-11-5(3-7(9)10-11)6(12)4-8(13)14-2/h3,6,12H,4H2,1-2H3/t6-/m0/s1. The van der Waals surface area contributed by atoms with Crippen molar-refractivity contribution in [3.8, 4) is 0 Å². The molecule has 0 saturated carbocycles. The van der Waals surface area contributed by atoms with Crippen LogP contribution in [0.15, 0.2) is 10.7 Å². The zero-order valence-corrected chi connectivity index (χ0v) is 9.48. The topological polar surface area (TPSA) is 64.3 Å². The van der Waals surface area contributed by atoms with E-state index < -0.39 is 12.1 Å². The fourth-order valence-electron chi connectivity index (χ4n) is 1.10. The molecule has 14 heavy (non-hydrogen) atoms. The van der Waals surface area contributed by atoms with Crippen LogP contribution in [0.5, 0.6) is 0 Å². The van der Waals surface area contributed by atoms with Crippen LogP contribution in [0.25, 0.3) is 0 Å². The highest BCUT2D eigenvalue weighted by molar-refractivity contribution is 9.10. The fraction of sp³-hybridized carbons (Fsp3) is 0.500. The Bertz CT molecular complexity index is 337. The van der Waals surface area contributed by atoms with Gasteiger partial charge in [0.25, 0.3) is 0 Å². The smallest absolute Gasteiger partial charge is 0.308 e. The summed E-state index contributed by atoms with van der Waals surface area (Å²) in [5.74, 6) is -0.449. The molecule has 1 atom stereocenters. The van der Waals surface area contributed by atoms with Crippen LogP contribution in [0, 0.1) is 0 Å². The van der Waals surface area contributed by atoms with Crippen LogP contribution >= 0.6 is 15.9 Å². The molecule has 0 unspecified atom stereocenters. The summed E-state index contributed by atoms with van der Waals surface area (Å²) in [5, 5.41) is 13.6. The number of hydrogen-bond acceptors (Lipinski definition) is 4. The maximum Gasteiger partial charge on any atom is 0.308 e. The molecule has 0 spiro atoms. The molecule has 0 radical (unpaired) electrons. The maximum atomic E-state index is 10.9. The molecule has 0 fully saturated rings.